The Bertz CT molecular complexity index is 2920. The molecule has 0 saturated heterocycles. The van der Waals surface area contributed by atoms with Crippen molar-refractivity contribution in [2.75, 3.05) is 0 Å². The standard InChI is InChI=1S/C14H16.C14H14.C14H22.C13H14O.C10H14.C10H12/c2*1-11(2)9-12-7-8-13-5-3-4-6-14(13)10-12;1-13(2)9-5-3-6-10-14-11-7-4-8-12-14;1-10(2)14-13-8-7-11-5-3-4-6-12(11)9-13;2*1-9(2)8-10-6-4-3-5-7-10/h3-8,10-11H,9H2,1-2H3;3-10H,1-2H3;4,7-8,11-13H,3,5-6,9-10H2,1-2H3;3-10H,1-2H3;3-7,9H,8H2,1-2H3;3-8H,1-2H3. The van der Waals surface area contributed by atoms with E-state index in [0.717, 1.165) is 23.5 Å². The normalized spacial score (nSPS) is 10.4. The van der Waals surface area contributed by atoms with Crippen LogP contribution in [0.3, 0.4) is 0 Å². The lowest BCUT2D eigenvalue weighted by Gasteiger charge is -2.09. The average Bonchev–Trinajstić information content (AvgIpc) is 3.40. The summed E-state index contributed by atoms with van der Waals surface area (Å²) in [5.74, 6) is 3.31. The molecule has 9 aromatic carbocycles. The third kappa shape index (κ3) is 26.5. The highest BCUT2D eigenvalue weighted by atomic mass is 16.5. The van der Waals surface area contributed by atoms with Crippen molar-refractivity contribution in [2.45, 2.75) is 134 Å². The zero-order chi connectivity index (χ0) is 54.9. The first-order chi connectivity index (χ1) is 36.6. The van der Waals surface area contributed by atoms with Crippen LogP contribution in [-0.4, -0.2) is 6.10 Å². The molecule has 0 atom stereocenters. The van der Waals surface area contributed by atoms with Crippen LogP contribution < -0.4 is 4.74 Å². The molecule has 0 fully saturated rings. The van der Waals surface area contributed by atoms with Gasteiger partial charge in [-0.25, -0.2) is 0 Å². The number of fused-ring (bicyclic) bond motifs is 3. The van der Waals surface area contributed by atoms with E-state index in [9.17, 15) is 0 Å². The number of unbranched alkanes of at least 4 members (excludes halogenated alkanes) is 2. The Labute approximate surface area is 461 Å². The van der Waals surface area contributed by atoms with Crippen LogP contribution >= 0.6 is 0 Å². The van der Waals surface area contributed by atoms with Gasteiger partial charge >= 0.3 is 0 Å². The maximum Gasteiger partial charge on any atom is 0.120 e. The summed E-state index contributed by atoms with van der Waals surface area (Å²) in [6, 6.07) is 76.5. The van der Waals surface area contributed by atoms with E-state index in [1.54, 1.807) is 0 Å². The summed E-state index contributed by atoms with van der Waals surface area (Å²) in [4.78, 5) is 0. The van der Waals surface area contributed by atoms with Crippen LogP contribution in [0, 0.1) is 17.8 Å². The average molecular weight is 1010 g/mol. The van der Waals surface area contributed by atoms with Crippen molar-refractivity contribution in [1.29, 1.82) is 0 Å². The number of hydrogen-bond acceptors (Lipinski definition) is 1. The molecule has 0 aliphatic carbocycles. The van der Waals surface area contributed by atoms with E-state index < -0.39 is 0 Å². The largest absolute Gasteiger partial charge is 0.491 e. The number of hydrogen-bond donors (Lipinski definition) is 0. The molecule has 9 aromatic rings. The van der Waals surface area contributed by atoms with E-state index in [-0.39, 0.29) is 6.10 Å². The Balaban J connectivity index is 0.000000198. The zero-order valence-electron chi connectivity index (χ0n) is 48.6. The van der Waals surface area contributed by atoms with Crippen LogP contribution in [0.5, 0.6) is 5.75 Å². The zero-order valence-corrected chi connectivity index (χ0v) is 48.6. The van der Waals surface area contributed by atoms with Gasteiger partial charge in [0.25, 0.3) is 0 Å². The second-order valence-corrected chi connectivity index (χ2v) is 22.0. The van der Waals surface area contributed by atoms with E-state index in [2.05, 4.69) is 276 Å². The van der Waals surface area contributed by atoms with Gasteiger partial charge in [-0.3, -0.25) is 0 Å². The Kier molecular flexibility index (Phi) is 28.6. The summed E-state index contributed by atoms with van der Waals surface area (Å²) in [6.45, 7) is 26.1. The van der Waals surface area contributed by atoms with Gasteiger partial charge in [-0.15, -0.1) is 0 Å². The van der Waals surface area contributed by atoms with Gasteiger partial charge in [0.15, 0.2) is 0 Å². The fourth-order valence-corrected chi connectivity index (χ4v) is 8.65. The quantitative estimate of drug-likeness (QED) is 0.0987. The summed E-state index contributed by atoms with van der Waals surface area (Å²) < 4.78 is 5.62. The molecule has 76 heavy (non-hydrogen) atoms. The van der Waals surface area contributed by atoms with Gasteiger partial charge in [0.2, 0.25) is 0 Å². The molecular weight excluding hydrogens is 917 g/mol. The van der Waals surface area contributed by atoms with Gasteiger partial charge in [-0.05, 0) is 163 Å². The lowest BCUT2D eigenvalue weighted by atomic mass is 10.00. The Hall–Kier alpha value is -6.96. The van der Waals surface area contributed by atoms with Crippen LogP contribution in [0.2, 0.25) is 0 Å². The Morgan fingerprint density at radius 1 is 0.342 bits per heavy atom. The predicted molar refractivity (Wildman–Crippen MR) is 340 cm³/mol. The third-order valence-electron chi connectivity index (χ3n) is 12.1. The topological polar surface area (TPSA) is 9.23 Å². The summed E-state index contributed by atoms with van der Waals surface area (Å²) in [5, 5.41) is 7.78. The van der Waals surface area contributed by atoms with Gasteiger partial charge in [0, 0.05) is 0 Å². The molecule has 0 saturated carbocycles. The Morgan fingerprint density at radius 3 is 1.26 bits per heavy atom. The summed E-state index contributed by atoms with van der Waals surface area (Å²) >= 11 is 0. The van der Waals surface area contributed by atoms with Crippen molar-refractivity contribution in [2.24, 2.45) is 17.8 Å². The van der Waals surface area contributed by atoms with Crippen LogP contribution in [0.1, 0.15) is 137 Å². The summed E-state index contributed by atoms with van der Waals surface area (Å²) in [7, 11) is 0. The number of allylic oxidation sites excluding steroid dienone is 2. The minimum atomic E-state index is 0.233. The second-order valence-electron chi connectivity index (χ2n) is 22.0. The molecule has 0 bridgehead atoms. The predicted octanol–water partition coefficient (Wildman–Crippen LogP) is 22.4. The van der Waals surface area contributed by atoms with Crippen molar-refractivity contribution in [3.05, 3.63) is 257 Å². The van der Waals surface area contributed by atoms with Crippen LogP contribution in [-0.2, 0) is 19.3 Å². The molecular formula is C75H92O. The van der Waals surface area contributed by atoms with Gasteiger partial charge in [-0.2, -0.15) is 0 Å². The molecule has 0 heterocycles. The summed E-state index contributed by atoms with van der Waals surface area (Å²) in [5.41, 5.74) is 9.60. The van der Waals surface area contributed by atoms with Gasteiger partial charge in [0.1, 0.15) is 5.75 Å². The number of rotatable bonds is 14. The minimum Gasteiger partial charge on any atom is -0.491 e. The lowest BCUT2D eigenvalue weighted by molar-refractivity contribution is 0.243. The minimum absolute atomic E-state index is 0.233. The second kappa shape index (κ2) is 35.3. The van der Waals surface area contributed by atoms with Gasteiger partial charge < -0.3 is 4.74 Å². The molecule has 0 spiro atoms. The van der Waals surface area contributed by atoms with Gasteiger partial charge in [-0.1, -0.05) is 284 Å². The monoisotopic (exact) mass is 1010 g/mol. The van der Waals surface area contributed by atoms with Crippen LogP contribution in [0.25, 0.3) is 44.5 Å². The van der Waals surface area contributed by atoms with Crippen molar-refractivity contribution in [3.63, 3.8) is 0 Å². The van der Waals surface area contributed by atoms with Gasteiger partial charge in [0.05, 0.1) is 6.10 Å². The SMILES string of the molecule is CC(C)=Cc1ccc2ccccc2c1.CC(C)=Cc1ccccc1.CC(C)CCCCCc1ccccc1.CC(C)Cc1ccc2ccccc2c1.CC(C)Cc1ccccc1.CC(C)Oc1ccc2ccccc2c1. The van der Waals surface area contributed by atoms with Crippen LogP contribution in [0.15, 0.2) is 230 Å². The number of aryl methyl sites for hydroxylation is 1. The molecule has 398 valence electrons. The first-order valence-corrected chi connectivity index (χ1v) is 28.2. The van der Waals surface area contributed by atoms with Crippen molar-refractivity contribution < 1.29 is 4.74 Å². The molecule has 0 aromatic heterocycles. The molecule has 1 heteroatoms. The fourth-order valence-electron chi connectivity index (χ4n) is 8.65. The van der Waals surface area contributed by atoms with E-state index in [0.29, 0.717) is 0 Å². The molecule has 0 amide bonds. The Morgan fingerprint density at radius 2 is 0.763 bits per heavy atom. The molecule has 1 nitrogen and oxygen atoms in total. The van der Waals surface area contributed by atoms with Crippen molar-refractivity contribution >= 4 is 44.5 Å². The van der Waals surface area contributed by atoms with Crippen molar-refractivity contribution in [1.82, 2.24) is 0 Å². The van der Waals surface area contributed by atoms with Crippen molar-refractivity contribution in [3.8, 4) is 5.75 Å². The van der Waals surface area contributed by atoms with E-state index >= 15 is 0 Å². The fraction of sp³-hybridized carbons (Fsp3) is 0.307. The maximum atomic E-state index is 5.62. The van der Waals surface area contributed by atoms with E-state index in [4.69, 9.17) is 4.74 Å². The highest BCUT2D eigenvalue weighted by molar-refractivity contribution is 5.85. The highest BCUT2D eigenvalue weighted by Gasteiger charge is 2.01. The molecule has 0 N–H and O–H groups in total. The first-order valence-electron chi connectivity index (χ1n) is 28.2. The number of ether oxygens (including phenoxy) is 1. The number of benzene rings is 9. The summed E-state index contributed by atoms with van der Waals surface area (Å²) in [6.07, 6.45) is 13.7. The van der Waals surface area contributed by atoms with E-state index in [1.807, 2.05) is 38.1 Å². The molecule has 0 aliphatic heterocycles. The van der Waals surface area contributed by atoms with E-state index in [1.165, 1.54) is 116 Å². The molecule has 0 radical (unpaired) electrons. The molecule has 9 rings (SSSR count). The first kappa shape index (κ1) is 61.6. The van der Waals surface area contributed by atoms with Crippen LogP contribution in [0.4, 0.5) is 0 Å². The lowest BCUT2D eigenvalue weighted by Crippen LogP contribution is -2.05. The third-order valence-corrected chi connectivity index (χ3v) is 12.1. The molecule has 0 unspecified atom stereocenters. The highest BCUT2D eigenvalue weighted by Crippen LogP contribution is 2.22. The smallest absolute Gasteiger partial charge is 0.120 e. The molecule has 0 aliphatic rings. The maximum absolute atomic E-state index is 5.62.